The van der Waals surface area contributed by atoms with Crippen molar-refractivity contribution in [3.63, 3.8) is 0 Å². The van der Waals surface area contributed by atoms with Crippen molar-refractivity contribution in [1.82, 2.24) is 14.6 Å². The zero-order chi connectivity index (χ0) is 21.6. The van der Waals surface area contributed by atoms with Gasteiger partial charge in [-0.1, -0.05) is 12.1 Å². The van der Waals surface area contributed by atoms with Crippen LogP contribution < -0.4 is 5.56 Å². The Hall–Kier alpha value is -4.00. The molecule has 10 heteroatoms. The minimum absolute atomic E-state index is 0.0287. The maximum absolute atomic E-state index is 14.4. The second-order valence-corrected chi connectivity index (χ2v) is 6.31. The minimum Gasteiger partial charge on any atom is -0.284 e. The highest BCUT2D eigenvalue weighted by Crippen LogP contribution is 2.39. The lowest BCUT2D eigenvalue weighted by atomic mass is 10.0. The van der Waals surface area contributed by atoms with Crippen LogP contribution in [0, 0.1) is 23.0 Å². The molecule has 1 N–H and O–H groups in total. The molecule has 0 saturated heterocycles. The number of nitrogens with zero attached hydrogens (tertiary/aromatic N) is 3. The van der Waals surface area contributed by atoms with Crippen LogP contribution in [0.4, 0.5) is 22.0 Å². The topological polar surface area (TPSA) is 73.9 Å². The minimum atomic E-state index is -4.97. The number of H-pyrrole nitrogens is 1. The van der Waals surface area contributed by atoms with Crippen LogP contribution in [-0.2, 0) is 6.18 Å². The Morgan fingerprint density at radius 3 is 2.33 bits per heavy atom. The first-order valence-corrected chi connectivity index (χ1v) is 8.38. The summed E-state index contributed by atoms with van der Waals surface area (Å²) in [4.78, 5) is 16.6. The van der Waals surface area contributed by atoms with Crippen molar-refractivity contribution in [2.45, 2.75) is 6.18 Å². The lowest BCUT2D eigenvalue weighted by Gasteiger charge is -2.08. The van der Waals surface area contributed by atoms with Gasteiger partial charge in [-0.2, -0.15) is 18.4 Å². The number of hydrogen-bond acceptors (Lipinski definition) is 3. The number of hydrogen-bond donors (Lipinski definition) is 1. The van der Waals surface area contributed by atoms with Gasteiger partial charge in [0, 0.05) is 23.3 Å². The van der Waals surface area contributed by atoms with Gasteiger partial charge < -0.3 is 0 Å². The van der Waals surface area contributed by atoms with Crippen molar-refractivity contribution in [2.75, 3.05) is 0 Å². The number of rotatable bonds is 2. The van der Waals surface area contributed by atoms with Crippen molar-refractivity contribution in [3.8, 4) is 28.5 Å². The number of nitriles is 1. The van der Waals surface area contributed by atoms with Crippen molar-refractivity contribution >= 4 is 5.65 Å². The largest absolute Gasteiger partial charge is 0.433 e. The van der Waals surface area contributed by atoms with E-state index in [-0.39, 0.29) is 5.69 Å². The Kier molecular flexibility index (Phi) is 4.38. The molecule has 5 nitrogen and oxygen atoms in total. The third kappa shape index (κ3) is 3.20. The van der Waals surface area contributed by atoms with Gasteiger partial charge in [-0.25, -0.2) is 18.3 Å². The van der Waals surface area contributed by atoms with Crippen LogP contribution in [-0.4, -0.2) is 14.6 Å². The van der Waals surface area contributed by atoms with Gasteiger partial charge in [-0.05, 0) is 24.3 Å². The molecule has 0 atom stereocenters. The van der Waals surface area contributed by atoms with Gasteiger partial charge >= 0.3 is 6.18 Å². The molecule has 2 aromatic heterocycles. The van der Waals surface area contributed by atoms with Crippen molar-refractivity contribution < 1.29 is 22.0 Å². The van der Waals surface area contributed by atoms with E-state index in [2.05, 4.69) is 4.98 Å². The van der Waals surface area contributed by atoms with E-state index in [1.165, 1.54) is 24.3 Å². The van der Waals surface area contributed by atoms with Crippen LogP contribution >= 0.6 is 0 Å². The van der Waals surface area contributed by atoms with E-state index in [1.54, 1.807) is 0 Å². The van der Waals surface area contributed by atoms with Gasteiger partial charge in [0.05, 0.1) is 22.9 Å². The highest BCUT2D eigenvalue weighted by molar-refractivity contribution is 5.82. The van der Waals surface area contributed by atoms with E-state index in [0.29, 0.717) is 21.7 Å². The fourth-order valence-corrected chi connectivity index (χ4v) is 3.05. The maximum atomic E-state index is 14.4. The molecule has 2 aromatic carbocycles. The molecule has 0 spiro atoms. The summed E-state index contributed by atoms with van der Waals surface area (Å²) >= 11 is 0. The molecule has 30 heavy (non-hydrogen) atoms. The summed E-state index contributed by atoms with van der Waals surface area (Å²) in [6, 6.07) is 10.9. The summed E-state index contributed by atoms with van der Waals surface area (Å²) in [7, 11) is 0. The lowest BCUT2D eigenvalue weighted by molar-refractivity contribution is -0.140. The quantitative estimate of drug-likeness (QED) is 0.488. The smallest absolute Gasteiger partial charge is 0.284 e. The number of benzene rings is 2. The van der Waals surface area contributed by atoms with Gasteiger partial charge in [0.1, 0.15) is 17.3 Å². The number of aromatic nitrogens is 3. The standard InChI is InChI=1S/C20H9F5N4O/c21-12-5-6-13(14(22)7-12)17-18(20(23,24)25)28-29-16(30)8-15(27-19(17)29)11-3-1-10(9-26)2-4-11/h1-8,28H. The van der Waals surface area contributed by atoms with E-state index in [1.807, 2.05) is 11.2 Å². The number of alkyl halides is 3. The zero-order valence-corrected chi connectivity index (χ0v) is 14.8. The Morgan fingerprint density at radius 2 is 1.73 bits per heavy atom. The molecule has 0 aliphatic carbocycles. The zero-order valence-electron chi connectivity index (χ0n) is 14.8. The molecule has 0 saturated carbocycles. The normalized spacial score (nSPS) is 11.6. The van der Waals surface area contributed by atoms with Crippen LogP contribution in [0.15, 0.2) is 53.3 Å². The molecular weight excluding hydrogens is 407 g/mol. The molecule has 0 fully saturated rings. The van der Waals surface area contributed by atoms with Crippen molar-refractivity contribution in [3.05, 3.63) is 81.8 Å². The van der Waals surface area contributed by atoms with Gasteiger partial charge in [-0.15, -0.1) is 0 Å². The Labute approximate surface area is 164 Å². The monoisotopic (exact) mass is 416 g/mol. The third-order valence-electron chi connectivity index (χ3n) is 4.41. The molecule has 150 valence electrons. The number of aromatic amines is 1. The fraction of sp³-hybridized carbons (Fsp3) is 0.0500. The first-order chi connectivity index (χ1) is 14.2. The van der Waals surface area contributed by atoms with E-state index in [0.717, 1.165) is 18.2 Å². The Bertz CT molecular complexity index is 1380. The number of halogens is 5. The summed E-state index contributed by atoms with van der Waals surface area (Å²) in [6.45, 7) is 0. The molecule has 0 amide bonds. The van der Waals surface area contributed by atoms with E-state index in [4.69, 9.17) is 5.26 Å². The number of fused-ring (bicyclic) bond motifs is 1. The lowest BCUT2D eigenvalue weighted by Crippen LogP contribution is -2.15. The highest BCUT2D eigenvalue weighted by atomic mass is 19.4. The Morgan fingerprint density at radius 1 is 1.03 bits per heavy atom. The van der Waals surface area contributed by atoms with Crippen LogP contribution in [0.1, 0.15) is 11.3 Å². The average Bonchev–Trinajstić information content (AvgIpc) is 3.08. The highest BCUT2D eigenvalue weighted by Gasteiger charge is 2.39. The van der Waals surface area contributed by atoms with E-state index >= 15 is 0 Å². The maximum Gasteiger partial charge on any atom is 0.433 e. The van der Waals surface area contributed by atoms with E-state index < -0.39 is 45.8 Å². The first-order valence-electron chi connectivity index (χ1n) is 8.38. The second kappa shape index (κ2) is 6.81. The van der Waals surface area contributed by atoms with Gasteiger partial charge in [0.15, 0.2) is 5.65 Å². The van der Waals surface area contributed by atoms with Crippen molar-refractivity contribution in [2.24, 2.45) is 0 Å². The molecule has 4 rings (SSSR count). The first kappa shape index (κ1) is 19.3. The predicted molar refractivity (Wildman–Crippen MR) is 96.3 cm³/mol. The van der Waals surface area contributed by atoms with Gasteiger partial charge in [-0.3, -0.25) is 9.89 Å². The molecule has 0 aliphatic rings. The third-order valence-corrected chi connectivity index (χ3v) is 4.41. The summed E-state index contributed by atoms with van der Waals surface area (Å²) in [6.07, 6.45) is -4.97. The summed E-state index contributed by atoms with van der Waals surface area (Å²) in [5.41, 5.74) is -3.27. The van der Waals surface area contributed by atoms with E-state index in [9.17, 15) is 26.7 Å². The van der Waals surface area contributed by atoms with Gasteiger partial charge in [0.25, 0.3) is 5.56 Å². The molecule has 0 aliphatic heterocycles. The summed E-state index contributed by atoms with van der Waals surface area (Å²) in [5.74, 6) is -2.20. The molecular formula is C20H9F5N4O. The second-order valence-electron chi connectivity index (χ2n) is 6.31. The van der Waals surface area contributed by atoms with Crippen molar-refractivity contribution in [1.29, 1.82) is 5.26 Å². The molecule has 0 unspecified atom stereocenters. The number of nitrogens with one attached hydrogen (secondary N) is 1. The summed E-state index contributed by atoms with van der Waals surface area (Å²) in [5, 5.41) is 10.8. The van der Waals surface area contributed by atoms with Crippen LogP contribution in [0.5, 0.6) is 0 Å². The fourth-order valence-electron chi connectivity index (χ4n) is 3.05. The molecule has 0 bridgehead atoms. The van der Waals surface area contributed by atoms with Crippen LogP contribution in [0.3, 0.4) is 0 Å². The van der Waals surface area contributed by atoms with Gasteiger partial charge in [0.2, 0.25) is 0 Å². The summed E-state index contributed by atoms with van der Waals surface area (Å²) < 4.78 is 69.0. The molecule has 0 radical (unpaired) electrons. The average molecular weight is 416 g/mol. The molecule has 2 heterocycles. The SMILES string of the molecule is N#Cc1ccc(-c2cc(=O)n3[nH]c(C(F)(F)F)c(-c4ccc(F)cc4F)c3n2)cc1. The Balaban J connectivity index is 2.06. The molecule has 4 aromatic rings. The van der Waals surface area contributed by atoms with Crippen LogP contribution in [0.25, 0.3) is 28.0 Å². The van der Waals surface area contributed by atoms with Crippen LogP contribution in [0.2, 0.25) is 0 Å². The predicted octanol–water partition coefficient (Wildman–Crippen LogP) is 4.53.